The van der Waals surface area contributed by atoms with Crippen LogP contribution in [0.4, 0.5) is 0 Å². The van der Waals surface area contributed by atoms with Crippen LogP contribution in [0, 0.1) is 5.92 Å². The van der Waals surface area contributed by atoms with Crippen molar-refractivity contribution in [1.29, 1.82) is 0 Å². The second-order valence-electron chi connectivity index (χ2n) is 7.28. The summed E-state index contributed by atoms with van der Waals surface area (Å²) < 4.78 is 37.5. The molecule has 0 radical (unpaired) electrons. The number of hydrogen-bond donors (Lipinski definition) is 0. The Morgan fingerprint density at radius 1 is 1.08 bits per heavy atom. The number of carbonyl (C=O) groups excluding carboxylic acids is 1. The fourth-order valence-corrected chi connectivity index (χ4v) is 5.63. The highest BCUT2D eigenvalue weighted by atomic mass is 32.2. The smallest absolute Gasteiger partial charge is 0.225 e. The monoisotopic (exact) mass is 374 g/mol. The summed E-state index contributed by atoms with van der Waals surface area (Å²) in [5.74, 6) is -0.139. The predicted octanol–water partition coefficient (Wildman–Crippen LogP) is 1.19. The number of unbranched alkanes of at least 4 members (excludes halogenated alkanes) is 1. The molecule has 25 heavy (non-hydrogen) atoms. The SMILES string of the molecule is CCCCS(=O)(=O)N1CCC(C(=O)N2CCC3(CC2)OCCO3)CC1. The van der Waals surface area contributed by atoms with Crippen LogP contribution >= 0.6 is 0 Å². The number of rotatable bonds is 5. The van der Waals surface area contributed by atoms with E-state index in [4.69, 9.17) is 9.47 Å². The van der Waals surface area contributed by atoms with Crippen molar-refractivity contribution < 1.29 is 22.7 Å². The lowest BCUT2D eigenvalue weighted by atomic mass is 9.94. The lowest BCUT2D eigenvalue weighted by Gasteiger charge is -2.40. The van der Waals surface area contributed by atoms with Crippen LogP contribution in [-0.4, -0.2) is 74.5 Å². The lowest BCUT2D eigenvalue weighted by molar-refractivity contribution is -0.188. The van der Waals surface area contributed by atoms with Gasteiger partial charge < -0.3 is 14.4 Å². The molecule has 0 aromatic carbocycles. The fraction of sp³-hybridized carbons (Fsp3) is 0.941. The highest BCUT2D eigenvalue weighted by Crippen LogP contribution is 2.32. The molecule has 1 amide bonds. The number of nitrogens with zero attached hydrogens (tertiary/aromatic N) is 2. The summed E-state index contributed by atoms with van der Waals surface area (Å²) in [6.45, 7) is 5.52. The number of piperidine rings is 2. The lowest BCUT2D eigenvalue weighted by Crippen LogP contribution is -2.50. The molecule has 3 fully saturated rings. The van der Waals surface area contributed by atoms with Gasteiger partial charge >= 0.3 is 0 Å². The zero-order valence-electron chi connectivity index (χ0n) is 15.1. The van der Waals surface area contributed by atoms with Gasteiger partial charge in [-0.3, -0.25) is 4.79 Å². The molecule has 0 atom stereocenters. The van der Waals surface area contributed by atoms with Crippen LogP contribution in [0.2, 0.25) is 0 Å². The molecule has 0 aromatic rings. The summed E-state index contributed by atoms with van der Waals surface area (Å²) >= 11 is 0. The molecule has 144 valence electrons. The summed E-state index contributed by atoms with van der Waals surface area (Å²) in [4.78, 5) is 14.7. The van der Waals surface area contributed by atoms with E-state index >= 15 is 0 Å². The Hall–Kier alpha value is -0.700. The Morgan fingerprint density at radius 3 is 2.24 bits per heavy atom. The zero-order chi connectivity index (χ0) is 17.9. The maximum Gasteiger partial charge on any atom is 0.225 e. The average Bonchev–Trinajstić information content (AvgIpc) is 3.08. The molecule has 0 saturated carbocycles. The molecule has 3 saturated heterocycles. The van der Waals surface area contributed by atoms with Gasteiger partial charge in [-0.25, -0.2) is 12.7 Å². The Labute approximate surface area is 150 Å². The first kappa shape index (κ1) is 19.1. The second kappa shape index (κ2) is 7.90. The highest BCUT2D eigenvalue weighted by Gasteiger charge is 2.42. The van der Waals surface area contributed by atoms with Crippen LogP contribution in [-0.2, 0) is 24.3 Å². The maximum absolute atomic E-state index is 12.8. The number of amides is 1. The van der Waals surface area contributed by atoms with E-state index in [1.807, 2.05) is 11.8 Å². The topological polar surface area (TPSA) is 76.2 Å². The van der Waals surface area contributed by atoms with E-state index < -0.39 is 15.8 Å². The number of ether oxygens (including phenoxy) is 2. The van der Waals surface area contributed by atoms with Crippen LogP contribution in [0.5, 0.6) is 0 Å². The molecule has 3 aliphatic heterocycles. The van der Waals surface area contributed by atoms with Gasteiger partial charge in [-0.05, 0) is 19.3 Å². The van der Waals surface area contributed by atoms with Crippen LogP contribution in [0.15, 0.2) is 0 Å². The van der Waals surface area contributed by atoms with Gasteiger partial charge in [-0.1, -0.05) is 13.3 Å². The minimum absolute atomic E-state index is 0.0583. The quantitative estimate of drug-likeness (QED) is 0.723. The van der Waals surface area contributed by atoms with Crippen LogP contribution in [0.1, 0.15) is 45.4 Å². The van der Waals surface area contributed by atoms with Gasteiger partial charge in [0.2, 0.25) is 15.9 Å². The second-order valence-corrected chi connectivity index (χ2v) is 9.36. The van der Waals surface area contributed by atoms with Gasteiger partial charge in [-0.15, -0.1) is 0 Å². The van der Waals surface area contributed by atoms with Gasteiger partial charge in [0.1, 0.15) is 0 Å². The minimum atomic E-state index is -3.16. The van der Waals surface area contributed by atoms with Crippen molar-refractivity contribution in [2.24, 2.45) is 5.92 Å². The van der Waals surface area contributed by atoms with Crippen molar-refractivity contribution in [1.82, 2.24) is 9.21 Å². The summed E-state index contributed by atoms with van der Waals surface area (Å²) in [6.07, 6.45) is 4.27. The Kier molecular flexibility index (Phi) is 6.03. The van der Waals surface area contributed by atoms with E-state index in [1.165, 1.54) is 0 Å². The van der Waals surface area contributed by atoms with Gasteiger partial charge in [0.05, 0.1) is 19.0 Å². The Morgan fingerprint density at radius 2 is 1.68 bits per heavy atom. The molecule has 1 spiro atoms. The molecule has 3 aliphatic rings. The molecular formula is C17H30N2O5S. The van der Waals surface area contributed by atoms with Crippen molar-refractivity contribution in [3.05, 3.63) is 0 Å². The first-order valence-electron chi connectivity index (χ1n) is 9.50. The summed E-state index contributed by atoms with van der Waals surface area (Å²) in [7, 11) is -3.16. The summed E-state index contributed by atoms with van der Waals surface area (Å²) in [5, 5.41) is 0. The molecule has 0 N–H and O–H groups in total. The molecule has 0 unspecified atom stereocenters. The number of sulfonamides is 1. The Balaban J connectivity index is 1.47. The van der Waals surface area contributed by atoms with E-state index in [9.17, 15) is 13.2 Å². The van der Waals surface area contributed by atoms with Gasteiger partial charge in [0.25, 0.3) is 0 Å². The molecule has 8 heteroatoms. The van der Waals surface area contributed by atoms with Gasteiger partial charge in [0.15, 0.2) is 5.79 Å². The van der Waals surface area contributed by atoms with E-state index in [1.54, 1.807) is 4.31 Å². The molecular weight excluding hydrogens is 344 g/mol. The van der Waals surface area contributed by atoms with Crippen LogP contribution < -0.4 is 0 Å². The highest BCUT2D eigenvalue weighted by molar-refractivity contribution is 7.89. The van der Waals surface area contributed by atoms with Crippen molar-refractivity contribution in [3.63, 3.8) is 0 Å². The maximum atomic E-state index is 12.8. The standard InChI is InChI=1S/C17H30N2O5S/c1-2-3-14-25(21,22)19-8-4-15(5-9-19)16(20)18-10-6-17(7-11-18)23-12-13-24-17/h15H,2-14H2,1H3. The average molecular weight is 375 g/mol. The normalized spacial score (nSPS) is 25.6. The molecule has 0 aliphatic carbocycles. The third kappa shape index (κ3) is 4.35. The van der Waals surface area contributed by atoms with Crippen LogP contribution in [0.3, 0.4) is 0 Å². The zero-order valence-corrected chi connectivity index (χ0v) is 15.9. The van der Waals surface area contributed by atoms with Gasteiger partial charge in [0, 0.05) is 44.9 Å². The summed E-state index contributed by atoms with van der Waals surface area (Å²) in [5.41, 5.74) is 0. The van der Waals surface area contributed by atoms with Crippen molar-refractivity contribution in [2.75, 3.05) is 45.1 Å². The number of carbonyl (C=O) groups is 1. The first-order chi connectivity index (χ1) is 12.0. The predicted molar refractivity (Wildman–Crippen MR) is 93.4 cm³/mol. The molecule has 3 heterocycles. The molecule has 0 aromatic heterocycles. The van der Waals surface area contributed by atoms with Crippen molar-refractivity contribution >= 4 is 15.9 Å². The largest absolute Gasteiger partial charge is 0.347 e. The number of likely N-dealkylation sites (tertiary alicyclic amines) is 1. The minimum Gasteiger partial charge on any atom is -0.347 e. The molecule has 0 bridgehead atoms. The van der Waals surface area contributed by atoms with E-state index in [0.717, 1.165) is 19.3 Å². The van der Waals surface area contributed by atoms with Gasteiger partial charge in [-0.2, -0.15) is 0 Å². The van der Waals surface area contributed by atoms with E-state index in [-0.39, 0.29) is 17.6 Å². The third-order valence-electron chi connectivity index (χ3n) is 5.60. The van der Waals surface area contributed by atoms with Crippen LogP contribution in [0.25, 0.3) is 0 Å². The van der Waals surface area contributed by atoms with Crippen molar-refractivity contribution in [3.8, 4) is 0 Å². The molecule has 3 rings (SSSR count). The van der Waals surface area contributed by atoms with E-state index in [0.29, 0.717) is 58.7 Å². The Bertz CT molecular complexity index is 556. The summed E-state index contributed by atoms with van der Waals surface area (Å²) in [6, 6.07) is 0. The fourth-order valence-electron chi connectivity index (χ4n) is 3.95. The van der Waals surface area contributed by atoms with Crippen molar-refractivity contribution in [2.45, 2.75) is 51.2 Å². The number of hydrogen-bond acceptors (Lipinski definition) is 5. The van der Waals surface area contributed by atoms with E-state index in [2.05, 4.69) is 0 Å². The first-order valence-corrected chi connectivity index (χ1v) is 11.1. The molecule has 7 nitrogen and oxygen atoms in total. The third-order valence-corrected chi connectivity index (χ3v) is 7.56.